The largest absolute Gasteiger partial charge is 0.488 e. The lowest BCUT2D eigenvalue weighted by atomic mass is 10.4. The summed E-state index contributed by atoms with van der Waals surface area (Å²) in [7, 11) is 0. The maximum Gasteiger partial charge on any atom is 0.156 e. The fraction of sp³-hybridized carbons (Fsp3) is 0.429. The van der Waals surface area contributed by atoms with Gasteiger partial charge in [0.15, 0.2) is 5.75 Å². The minimum absolute atomic E-state index is 0.0455. The van der Waals surface area contributed by atoms with Crippen LogP contribution < -0.4 is 4.74 Å². The van der Waals surface area contributed by atoms with Crippen LogP contribution >= 0.6 is 0 Å². The molecule has 0 radical (unpaired) electrons. The van der Waals surface area contributed by atoms with E-state index in [2.05, 4.69) is 9.97 Å². The molecule has 5 heteroatoms. The molecule has 1 aromatic rings. The van der Waals surface area contributed by atoms with E-state index in [-0.39, 0.29) is 13.2 Å². The van der Waals surface area contributed by atoms with Gasteiger partial charge in [-0.05, 0) is 0 Å². The van der Waals surface area contributed by atoms with Crippen LogP contribution in [0.15, 0.2) is 18.7 Å². The van der Waals surface area contributed by atoms with Crippen LogP contribution in [0.1, 0.15) is 0 Å². The highest BCUT2D eigenvalue weighted by Crippen LogP contribution is 2.03. The molecule has 1 aromatic heterocycles. The molecule has 0 amide bonds. The van der Waals surface area contributed by atoms with Crippen molar-refractivity contribution in [3.63, 3.8) is 0 Å². The molecule has 12 heavy (non-hydrogen) atoms. The second-order valence-corrected chi connectivity index (χ2v) is 2.22. The van der Waals surface area contributed by atoms with Crippen LogP contribution in [0.4, 0.5) is 0 Å². The number of ether oxygens (including phenoxy) is 1. The van der Waals surface area contributed by atoms with Gasteiger partial charge < -0.3 is 14.9 Å². The first-order valence-corrected chi connectivity index (χ1v) is 3.49. The van der Waals surface area contributed by atoms with Gasteiger partial charge in [-0.1, -0.05) is 0 Å². The Kier molecular flexibility index (Phi) is 3.43. The zero-order valence-corrected chi connectivity index (χ0v) is 6.42. The molecule has 1 rings (SSSR count). The fourth-order valence-corrected chi connectivity index (χ4v) is 0.605. The Morgan fingerprint density at radius 3 is 2.67 bits per heavy atom. The molecule has 2 N–H and O–H groups in total. The van der Waals surface area contributed by atoms with E-state index in [4.69, 9.17) is 14.9 Å². The van der Waals surface area contributed by atoms with E-state index in [1.165, 1.54) is 18.7 Å². The quantitative estimate of drug-likeness (QED) is 0.619. The smallest absolute Gasteiger partial charge is 0.156 e. The van der Waals surface area contributed by atoms with Crippen LogP contribution in [-0.4, -0.2) is 39.5 Å². The SMILES string of the molecule is OC[C@@H](O)COc1cncnc1. The van der Waals surface area contributed by atoms with Crippen molar-refractivity contribution in [2.24, 2.45) is 0 Å². The minimum atomic E-state index is -0.856. The molecule has 0 aliphatic carbocycles. The molecule has 0 saturated heterocycles. The first-order chi connectivity index (χ1) is 5.83. The van der Waals surface area contributed by atoms with Crippen molar-refractivity contribution in [1.82, 2.24) is 9.97 Å². The maximum absolute atomic E-state index is 8.90. The van der Waals surface area contributed by atoms with E-state index in [1.807, 2.05) is 0 Å². The van der Waals surface area contributed by atoms with Crippen molar-refractivity contribution in [1.29, 1.82) is 0 Å². The topological polar surface area (TPSA) is 75.5 Å². The van der Waals surface area contributed by atoms with Crippen LogP contribution in [0.3, 0.4) is 0 Å². The average Bonchev–Trinajstić information content (AvgIpc) is 2.16. The van der Waals surface area contributed by atoms with Crippen molar-refractivity contribution >= 4 is 0 Å². The Morgan fingerprint density at radius 1 is 1.42 bits per heavy atom. The highest BCUT2D eigenvalue weighted by molar-refractivity contribution is 5.09. The fourth-order valence-electron chi connectivity index (χ4n) is 0.605. The van der Waals surface area contributed by atoms with Crippen LogP contribution in [0.5, 0.6) is 5.75 Å². The number of rotatable bonds is 4. The molecule has 0 bridgehead atoms. The van der Waals surface area contributed by atoms with Gasteiger partial charge in [-0.2, -0.15) is 0 Å². The van der Waals surface area contributed by atoms with Crippen LogP contribution in [-0.2, 0) is 0 Å². The third-order valence-electron chi connectivity index (χ3n) is 1.19. The summed E-state index contributed by atoms with van der Waals surface area (Å²) in [4.78, 5) is 7.42. The van der Waals surface area contributed by atoms with E-state index >= 15 is 0 Å². The Bertz CT molecular complexity index is 217. The van der Waals surface area contributed by atoms with Crippen LogP contribution in [0.2, 0.25) is 0 Å². The lowest BCUT2D eigenvalue weighted by molar-refractivity contribution is 0.0533. The molecular weight excluding hydrogens is 160 g/mol. The molecule has 1 heterocycles. The lowest BCUT2D eigenvalue weighted by Gasteiger charge is -2.08. The number of aromatic nitrogens is 2. The second-order valence-electron chi connectivity index (χ2n) is 2.22. The molecule has 66 valence electrons. The molecule has 0 saturated carbocycles. The minimum Gasteiger partial charge on any atom is -0.488 e. The van der Waals surface area contributed by atoms with Gasteiger partial charge in [-0.25, -0.2) is 9.97 Å². The monoisotopic (exact) mass is 170 g/mol. The van der Waals surface area contributed by atoms with Crippen LogP contribution in [0.25, 0.3) is 0 Å². The normalized spacial score (nSPS) is 12.5. The van der Waals surface area contributed by atoms with Crippen LogP contribution in [0, 0.1) is 0 Å². The van der Waals surface area contributed by atoms with E-state index in [0.717, 1.165) is 0 Å². The van der Waals surface area contributed by atoms with Crippen molar-refractivity contribution in [3.05, 3.63) is 18.7 Å². The molecule has 1 atom stereocenters. The third kappa shape index (κ3) is 2.81. The number of nitrogens with zero attached hydrogens (tertiary/aromatic N) is 2. The molecular formula is C7H10N2O3. The van der Waals surface area contributed by atoms with Crippen molar-refractivity contribution in [2.75, 3.05) is 13.2 Å². The zero-order valence-electron chi connectivity index (χ0n) is 6.42. The predicted molar refractivity (Wildman–Crippen MR) is 40.6 cm³/mol. The van der Waals surface area contributed by atoms with E-state index < -0.39 is 6.10 Å². The summed E-state index contributed by atoms with van der Waals surface area (Å²) in [5, 5.41) is 17.4. The van der Waals surface area contributed by atoms with E-state index in [1.54, 1.807) is 0 Å². The standard InChI is InChI=1S/C7H10N2O3/c10-3-6(11)4-12-7-1-8-5-9-2-7/h1-2,5-6,10-11H,3-4H2/t6-/m1/s1. The van der Waals surface area contributed by atoms with Gasteiger partial charge in [0.05, 0.1) is 19.0 Å². The first-order valence-electron chi connectivity index (χ1n) is 3.49. The maximum atomic E-state index is 8.90. The summed E-state index contributed by atoms with van der Waals surface area (Å²) in [6.07, 6.45) is 3.49. The summed E-state index contributed by atoms with van der Waals surface area (Å²) in [5.41, 5.74) is 0. The molecule has 0 aliphatic heterocycles. The Hall–Kier alpha value is -1.20. The van der Waals surface area contributed by atoms with Gasteiger partial charge in [-0.3, -0.25) is 0 Å². The predicted octanol–water partition coefficient (Wildman–Crippen LogP) is -0.791. The highest BCUT2D eigenvalue weighted by Gasteiger charge is 2.02. The molecule has 0 aliphatic rings. The third-order valence-corrected chi connectivity index (χ3v) is 1.19. The number of aliphatic hydroxyl groups excluding tert-OH is 2. The molecule has 0 unspecified atom stereocenters. The summed E-state index contributed by atoms with van der Waals surface area (Å²) in [5.74, 6) is 0.477. The van der Waals surface area contributed by atoms with Crippen molar-refractivity contribution < 1.29 is 14.9 Å². The van der Waals surface area contributed by atoms with Gasteiger partial charge in [0.1, 0.15) is 19.0 Å². The second kappa shape index (κ2) is 4.63. The Morgan fingerprint density at radius 2 is 2.08 bits per heavy atom. The highest BCUT2D eigenvalue weighted by atomic mass is 16.5. The van der Waals surface area contributed by atoms with Gasteiger partial charge in [0, 0.05) is 0 Å². The van der Waals surface area contributed by atoms with E-state index in [0.29, 0.717) is 5.75 Å². The summed E-state index contributed by atoms with van der Waals surface area (Å²) < 4.78 is 5.02. The van der Waals surface area contributed by atoms with Gasteiger partial charge in [0.25, 0.3) is 0 Å². The van der Waals surface area contributed by atoms with Crippen molar-refractivity contribution in [2.45, 2.75) is 6.10 Å². The average molecular weight is 170 g/mol. The zero-order chi connectivity index (χ0) is 8.81. The van der Waals surface area contributed by atoms with Gasteiger partial charge >= 0.3 is 0 Å². The van der Waals surface area contributed by atoms with Gasteiger partial charge in [-0.15, -0.1) is 0 Å². The first kappa shape index (κ1) is 8.89. The Labute approximate surface area is 69.7 Å². The molecule has 0 spiro atoms. The lowest BCUT2D eigenvalue weighted by Crippen LogP contribution is -2.21. The Balaban J connectivity index is 2.33. The summed E-state index contributed by atoms with van der Waals surface area (Å²) >= 11 is 0. The summed E-state index contributed by atoms with van der Waals surface area (Å²) in [6.45, 7) is -0.266. The number of aliphatic hydroxyl groups is 2. The molecule has 0 aromatic carbocycles. The molecule has 5 nitrogen and oxygen atoms in total. The molecule has 0 fully saturated rings. The summed E-state index contributed by atoms with van der Waals surface area (Å²) in [6, 6.07) is 0. The number of hydrogen-bond acceptors (Lipinski definition) is 5. The number of hydrogen-bond donors (Lipinski definition) is 2. The van der Waals surface area contributed by atoms with Gasteiger partial charge in [0.2, 0.25) is 0 Å². The van der Waals surface area contributed by atoms with Crippen molar-refractivity contribution in [3.8, 4) is 5.75 Å². The van der Waals surface area contributed by atoms with E-state index in [9.17, 15) is 0 Å².